The number of rotatable bonds is 4. The smallest absolute Gasteiger partial charge is 0.437 e. The topological polar surface area (TPSA) is 63.6 Å². The molecule has 1 aliphatic carbocycles. The average Bonchev–Trinajstić information content (AvgIpc) is 2.40. The van der Waals surface area contributed by atoms with Gasteiger partial charge in [0.15, 0.2) is 0 Å². The molecule has 0 saturated heterocycles. The maximum Gasteiger partial charge on any atom is 0.437 e. The number of hydrogen-bond acceptors (Lipinski definition) is 3. The van der Waals surface area contributed by atoms with Crippen LogP contribution in [0.5, 0.6) is 0 Å². The molecule has 4 nitrogen and oxygen atoms in total. The van der Waals surface area contributed by atoms with Gasteiger partial charge < -0.3 is 9.84 Å². The van der Waals surface area contributed by atoms with E-state index < -0.39 is 48.7 Å². The van der Waals surface area contributed by atoms with E-state index in [0.29, 0.717) is 6.42 Å². The van der Waals surface area contributed by atoms with Crippen molar-refractivity contribution < 1.29 is 45.8 Å². The van der Waals surface area contributed by atoms with Crippen LogP contribution in [-0.2, 0) is 14.3 Å². The molecular weight excluding hydrogens is 334 g/mol. The number of carboxylic acids is 1. The van der Waals surface area contributed by atoms with E-state index in [1.165, 1.54) is 0 Å². The number of carbonyl (C=O) groups excluding carboxylic acids is 1. The standard InChI is InChI=1S/C13H14F6O4/c14-12(15,16)11(13(17,18)19,8-4-2-1-3-5-8)23-10(22)7-6-9(20)21/h6-8H,1-5H2,(H,20,21)/b7-6+. The van der Waals surface area contributed by atoms with Gasteiger partial charge in [-0.15, -0.1) is 0 Å². The summed E-state index contributed by atoms with van der Waals surface area (Å²) in [7, 11) is 0. The van der Waals surface area contributed by atoms with Crippen molar-refractivity contribution in [3.8, 4) is 0 Å². The molecule has 1 rings (SSSR count). The molecule has 1 N–H and O–H groups in total. The molecule has 23 heavy (non-hydrogen) atoms. The summed E-state index contributed by atoms with van der Waals surface area (Å²) in [6.07, 6.45) is -11.6. The van der Waals surface area contributed by atoms with Crippen LogP contribution in [0.3, 0.4) is 0 Å². The quantitative estimate of drug-likeness (QED) is 0.479. The third kappa shape index (κ3) is 4.17. The van der Waals surface area contributed by atoms with E-state index in [1.54, 1.807) is 0 Å². The van der Waals surface area contributed by atoms with Crippen LogP contribution < -0.4 is 0 Å². The zero-order chi connectivity index (χ0) is 17.9. The van der Waals surface area contributed by atoms with Crippen LogP contribution in [0.4, 0.5) is 26.3 Å². The maximum atomic E-state index is 13.3. The Morgan fingerprint density at radius 1 is 0.913 bits per heavy atom. The highest BCUT2D eigenvalue weighted by Crippen LogP contribution is 2.54. The molecule has 10 heteroatoms. The van der Waals surface area contributed by atoms with Gasteiger partial charge in [-0.1, -0.05) is 19.3 Å². The summed E-state index contributed by atoms with van der Waals surface area (Å²) < 4.78 is 83.5. The van der Waals surface area contributed by atoms with Crippen molar-refractivity contribution in [2.24, 2.45) is 5.92 Å². The van der Waals surface area contributed by atoms with Gasteiger partial charge in [0.25, 0.3) is 0 Å². The van der Waals surface area contributed by atoms with Crippen LogP contribution in [0.1, 0.15) is 32.1 Å². The Morgan fingerprint density at radius 2 is 1.39 bits per heavy atom. The highest BCUT2D eigenvalue weighted by molar-refractivity contribution is 5.91. The first-order valence-corrected chi connectivity index (χ1v) is 6.69. The van der Waals surface area contributed by atoms with E-state index >= 15 is 0 Å². The van der Waals surface area contributed by atoms with E-state index in [4.69, 9.17) is 5.11 Å². The number of esters is 1. The highest BCUT2D eigenvalue weighted by Gasteiger charge is 2.77. The number of carboxylic acid groups (broad SMARTS) is 1. The summed E-state index contributed by atoms with van der Waals surface area (Å²) in [6, 6.07) is 0. The van der Waals surface area contributed by atoms with Crippen molar-refractivity contribution in [3.05, 3.63) is 12.2 Å². The number of aliphatic carboxylic acids is 1. The largest absolute Gasteiger partial charge is 0.478 e. The van der Waals surface area contributed by atoms with Crippen molar-refractivity contribution in [2.75, 3.05) is 0 Å². The Bertz CT molecular complexity index is 460. The molecule has 0 heterocycles. The first-order valence-electron chi connectivity index (χ1n) is 6.69. The van der Waals surface area contributed by atoms with E-state index in [9.17, 15) is 35.9 Å². The summed E-state index contributed by atoms with van der Waals surface area (Å²) in [5, 5.41) is 8.29. The Balaban J connectivity index is 3.27. The molecule has 1 fully saturated rings. The van der Waals surface area contributed by atoms with Gasteiger partial charge in [0.1, 0.15) is 0 Å². The average molecular weight is 348 g/mol. The molecule has 0 aromatic carbocycles. The van der Waals surface area contributed by atoms with Crippen LogP contribution in [0.25, 0.3) is 0 Å². The molecular formula is C13H14F6O4. The van der Waals surface area contributed by atoms with Gasteiger partial charge >= 0.3 is 29.9 Å². The summed E-state index contributed by atoms with van der Waals surface area (Å²) in [6.45, 7) is 0. The molecule has 0 spiro atoms. The predicted molar refractivity (Wildman–Crippen MR) is 64.3 cm³/mol. The minimum absolute atomic E-state index is 0.0252. The third-order valence-corrected chi connectivity index (χ3v) is 3.65. The molecule has 1 aliphatic rings. The molecule has 132 valence electrons. The van der Waals surface area contributed by atoms with Gasteiger partial charge in [-0.3, -0.25) is 0 Å². The number of halogens is 6. The van der Waals surface area contributed by atoms with Crippen molar-refractivity contribution in [2.45, 2.75) is 50.1 Å². The summed E-state index contributed by atoms with van der Waals surface area (Å²) in [5.41, 5.74) is -4.64. The lowest BCUT2D eigenvalue weighted by atomic mass is 9.75. The van der Waals surface area contributed by atoms with Crippen LogP contribution in [-0.4, -0.2) is 35.0 Å². The first-order chi connectivity index (χ1) is 10.4. The minimum Gasteiger partial charge on any atom is -0.478 e. The second kappa shape index (κ2) is 6.79. The second-order valence-corrected chi connectivity index (χ2v) is 5.16. The number of ether oxygens (including phenoxy) is 1. The fourth-order valence-corrected chi connectivity index (χ4v) is 2.66. The van der Waals surface area contributed by atoms with E-state index in [0.717, 1.165) is 0 Å². The Kier molecular flexibility index (Phi) is 5.70. The fourth-order valence-electron chi connectivity index (χ4n) is 2.66. The number of carbonyl (C=O) groups is 2. The SMILES string of the molecule is O=C(O)/C=C/C(=O)OC(C1CCCCC1)(C(F)(F)F)C(F)(F)F. The maximum absolute atomic E-state index is 13.3. The van der Waals surface area contributed by atoms with E-state index in [-0.39, 0.29) is 25.0 Å². The lowest BCUT2D eigenvalue weighted by Crippen LogP contribution is -2.64. The zero-order valence-corrected chi connectivity index (χ0v) is 11.7. The first kappa shape index (κ1) is 19.3. The molecule has 0 unspecified atom stereocenters. The monoisotopic (exact) mass is 348 g/mol. The molecule has 0 aliphatic heterocycles. The van der Waals surface area contributed by atoms with Crippen LogP contribution in [0, 0.1) is 5.92 Å². The van der Waals surface area contributed by atoms with Gasteiger partial charge in [-0.2, -0.15) is 26.3 Å². The van der Waals surface area contributed by atoms with Gasteiger partial charge in [0.05, 0.1) is 0 Å². The van der Waals surface area contributed by atoms with E-state index in [1.807, 2.05) is 0 Å². The second-order valence-electron chi connectivity index (χ2n) is 5.16. The molecule has 1 saturated carbocycles. The van der Waals surface area contributed by atoms with Crippen LogP contribution >= 0.6 is 0 Å². The Morgan fingerprint density at radius 3 is 1.78 bits per heavy atom. The minimum atomic E-state index is -5.88. The predicted octanol–water partition coefficient (Wildman–Crippen LogP) is 3.61. The lowest BCUT2D eigenvalue weighted by molar-refractivity contribution is -0.387. The fraction of sp³-hybridized carbons (Fsp3) is 0.692. The van der Waals surface area contributed by atoms with Crippen molar-refractivity contribution >= 4 is 11.9 Å². The lowest BCUT2D eigenvalue weighted by Gasteiger charge is -2.43. The van der Waals surface area contributed by atoms with Crippen LogP contribution in [0.2, 0.25) is 0 Å². The number of alkyl halides is 6. The summed E-state index contributed by atoms with van der Waals surface area (Å²) in [4.78, 5) is 21.6. The van der Waals surface area contributed by atoms with Gasteiger partial charge in [-0.05, 0) is 12.8 Å². The Hall–Kier alpha value is -1.74. The molecule has 0 radical (unpaired) electrons. The van der Waals surface area contributed by atoms with Crippen molar-refractivity contribution in [3.63, 3.8) is 0 Å². The van der Waals surface area contributed by atoms with Crippen LogP contribution in [0.15, 0.2) is 12.2 Å². The molecule has 0 aromatic heterocycles. The van der Waals surface area contributed by atoms with Crippen molar-refractivity contribution in [1.29, 1.82) is 0 Å². The summed E-state index contributed by atoms with van der Waals surface area (Å²) >= 11 is 0. The van der Waals surface area contributed by atoms with E-state index in [2.05, 4.69) is 4.74 Å². The molecule has 0 bridgehead atoms. The number of hydrogen-bond donors (Lipinski definition) is 1. The van der Waals surface area contributed by atoms with Crippen molar-refractivity contribution in [1.82, 2.24) is 0 Å². The molecule has 0 aromatic rings. The van der Waals surface area contributed by atoms with Gasteiger partial charge in [-0.25, -0.2) is 9.59 Å². The van der Waals surface area contributed by atoms with Gasteiger partial charge in [0.2, 0.25) is 0 Å². The third-order valence-electron chi connectivity index (χ3n) is 3.65. The zero-order valence-electron chi connectivity index (χ0n) is 11.7. The summed E-state index contributed by atoms with van der Waals surface area (Å²) in [5.74, 6) is -5.67. The highest BCUT2D eigenvalue weighted by atomic mass is 19.4. The van der Waals surface area contributed by atoms with Gasteiger partial charge in [0, 0.05) is 18.1 Å². The Labute approximate surface area is 127 Å². The molecule has 0 amide bonds. The molecule has 0 atom stereocenters. The normalized spacial score (nSPS) is 18.2.